The fourth-order valence-corrected chi connectivity index (χ4v) is 4.56. The van der Waals surface area contributed by atoms with Gasteiger partial charge in [0.25, 0.3) is 5.91 Å². The van der Waals surface area contributed by atoms with E-state index in [4.69, 9.17) is 0 Å². The summed E-state index contributed by atoms with van der Waals surface area (Å²) in [5.74, 6) is -61.4. The Kier molecular flexibility index (Phi) is 9.47. The second kappa shape index (κ2) is 11.7. The number of carbonyl (C=O) groups is 1. The first kappa shape index (κ1) is 37.1. The quantitative estimate of drug-likeness (QED) is 0.236. The van der Waals surface area contributed by atoms with Gasteiger partial charge in [0.2, 0.25) is 0 Å². The molecule has 2 aromatic carbocycles. The number of hydrogen-bond donors (Lipinski definition) is 0. The Balaban J connectivity index is 1.90. The summed E-state index contributed by atoms with van der Waals surface area (Å²) >= 11 is 0. The summed E-state index contributed by atoms with van der Waals surface area (Å²) in [6, 6.07) is 15.6. The molecule has 1 aliphatic rings. The molecule has 0 spiro atoms. The minimum atomic E-state index is -8.75. The van der Waals surface area contributed by atoms with Crippen LogP contribution in [0.15, 0.2) is 60.7 Å². The molecule has 1 amide bonds. The normalized spacial score (nSPS) is 17.0. The number of nitrogens with zero attached hydrogens (tertiary/aromatic N) is 2. The molecular weight excluding hydrogens is 679 g/mol. The first-order valence-electron chi connectivity index (χ1n) is 12.6. The van der Waals surface area contributed by atoms with Crippen LogP contribution in [0.1, 0.15) is 17.2 Å². The van der Waals surface area contributed by atoms with E-state index in [9.17, 15) is 79.4 Å². The molecule has 1 saturated heterocycles. The van der Waals surface area contributed by atoms with Gasteiger partial charge in [-0.15, -0.1) is 0 Å². The van der Waals surface area contributed by atoms with Crippen LogP contribution >= 0.6 is 0 Å². The van der Waals surface area contributed by atoms with Gasteiger partial charge in [-0.3, -0.25) is 9.69 Å². The summed E-state index contributed by atoms with van der Waals surface area (Å²) in [7, 11) is 0. The second-order valence-corrected chi connectivity index (χ2v) is 10.1. The highest BCUT2D eigenvalue weighted by Crippen LogP contribution is 2.64. The SMILES string of the molecule is O=C(N1CCN(C(c2ccccc2)c2ccccc2)CC1)C(F)(F)C(F)(F)C(F)(F)C(F)(F)C(F)(F)C(F)(F)C(F)(F)C(F)(F)F. The predicted octanol–water partition coefficient (Wildman–Crippen LogP) is 7.93. The van der Waals surface area contributed by atoms with Crippen LogP contribution in [0.25, 0.3) is 0 Å². The summed E-state index contributed by atoms with van der Waals surface area (Å²) in [6.07, 6.45) is -7.84. The predicted molar refractivity (Wildman–Crippen MR) is 124 cm³/mol. The molecule has 0 N–H and O–H groups in total. The van der Waals surface area contributed by atoms with E-state index in [-0.39, 0.29) is 4.90 Å². The number of alkyl halides is 17. The fourth-order valence-electron chi connectivity index (χ4n) is 4.56. The molecule has 0 bridgehead atoms. The van der Waals surface area contributed by atoms with Crippen LogP contribution in [-0.4, -0.2) is 89.5 Å². The van der Waals surface area contributed by atoms with Crippen LogP contribution in [0.5, 0.6) is 0 Å². The highest BCUT2D eigenvalue weighted by atomic mass is 19.4. The third kappa shape index (κ3) is 5.52. The molecule has 1 aliphatic heterocycles. The van der Waals surface area contributed by atoms with Gasteiger partial charge in [-0.25, -0.2) is 0 Å². The Bertz CT molecular complexity index is 1320. The highest BCUT2D eigenvalue weighted by molar-refractivity contribution is 5.85. The molecule has 0 atom stereocenters. The summed E-state index contributed by atoms with van der Waals surface area (Å²) < 4.78 is 231. The van der Waals surface area contributed by atoms with Crippen molar-refractivity contribution in [2.75, 3.05) is 26.2 Å². The minimum absolute atomic E-state index is 0.254. The minimum Gasteiger partial charge on any atom is -0.335 e. The maximum Gasteiger partial charge on any atom is 0.460 e. The van der Waals surface area contributed by atoms with Gasteiger partial charge < -0.3 is 4.90 Å². The van der Waals surface area contributed by atoms with E-state index in [1.807, 2.05) is 0 Å². The molecule has 2 aromatic rings. The Morgan fingerprint density at radius 3 is 1.15 bits per heavy atom. The number of carbonyl (C=O) groups excluding carboxylic acids is 1. The third-order valence-electron chi connectivity index (χ3n) is 7.19. The lowest BCUT2D eigenvalue weighted by Gasteiger charge is -2.44. The van der Waals surface area contributed by atoms with E-state index in [0.717, 1.165) is 0 Å². The van der Waals surface area contributed by atoms with E-state index in [2.05, 4.69) is 0 Å². The molecule has 0 aliphatic carbocycles. The molecule has 0 aromatic heterocycles. The van der Waals surface area contributed by atoms with Crippen molar-refractivity contribution >= 4 is 5.91 Å². The van der Waals surface area contributed by atoms with Gasteiger partial charge in [-0.1, -0.05) is 60.7 Å². The topological polar surface area (TPSA) is 23.6 Å². The molecule has 46 heavy (non-hydrogen) atoms. The van der Waals surface area contributed by atoms with Gasteiger partial charge in [0, 0.05) is 26.2 Å². The molecule has 1 fully saturated rings. The van der Waals surface area contributed by atoms with Crippen molar-refractivity contribution in [3.8, 4) is 0 Å². The van der Waals surface area contributed by atoms with Crippen molar-refractivity contribution in [1.29, 1.82) is 0 Å². The van der Waals surface area contributed by atoms with E-state index in [1.54, 1.807) is 60.7 Å². The van der Waals surface area contributed by atoms with Crippen LogP contribution in [0.4, 0.5) is 74.6 Å². The van der Waals surface area contributed by atoms with Crippen LogP contribution < -0.4 is 0 Å². The van der Waals surface area contributed by atoms with Gasteiger partial charge in [0.1, 0.15) is 0 Å². The zero-order chi connectivity index (χ0) is 35.4. The smallest absolute Gasteiger partial charge is 0.335 e. The van der Waals surface area contributed by atoms with E-state index in [0.29, 0.717) is 11.1 Å². The monoisotopic (exact) mass is 698 g/mol. The van der Waals surface area contributed by atoms with Crippen molar-refractivity contribution in [3.05, 3.63) is 71.8 Å². The average Bonchev–Trinajstić information content (AvgIpc) is 2.97. The Morgan fingerprint density at radius 1 is 0.478 bits per heavy atom. The summed E-state index contributed by atoms with van der Waals surface area (Å²) in [5, 5.41) is 0. The standard InChI is InChI=1S/C26H19F17N2O/c27-19(28,20(29,30)21(31,32)22(33,34)23(35,36)24(37,38)25(39,40)26(41,42)43)18(46)45-13-11-44(12-14-45)17(15-7-3-1-4-8-15)16-9-5-2-6-10-16/h1-10,17H,11-14H2. The number of hydrogen-bond acceptors (Lipinski definition) is 2. The first-order chi connectivity index (χ1) is 20.7. The van der Waals surface area contributed by atoms with E-state index >= 15 is 0 Å². The van der Waals surface area contributed by atoms with Crippen molar-refractivity contribution in [3.63, 3.8) is 0 Å². The second-order valence-electron chi connectivity index (χ2n) is 10.1. The fraction of sp³-hybridized carbons (Fsp3) is 0.500. The number of amides is 1. The van der Waals surface area contributed by atoms with Gasteiger partial charge in [0.15, 0.2) is 0 Å². The molecule has 258 valence electrons. The lowest BCUT2D eigenvalue weighted by atomic mass is 9.88. The zero-order valence-corrected chi connectivity index (χ0v) is 22.4. The van der Waals surface area contributed by atoms with Gasteiger partial charge in [0.05, 0.1) is 6.04 Å². The van der Waals surface area contributed by atoms with Crippen LogP contribution in [0.3, 0.4) is 0 Å². The number of piperazine rings is 1. The van der Waals surface area contributed by atoms with Gasteiger partial charge in [-0.05, 0) is 11.1 Å². The van der Waals surface area contributed by atoms with E-state index in [1.165, 1.54) is 4.90 Å². The van der Waals surface area contributed by atoms with Crippen LogP contribution in [0.2, 0.25) is 0 Å². The Hall–Kier alpha value is -3.32. The molecule has 3 rings (SSSR count). The van der Waals surface area contributed by atoms with Crippen molar-refractivity contribution < 1.29 is 79.4 Å². The summed E-state index contributed by atoms with van der Waals surface area (Å²) in [4.78, 5) is 13.5. The van der Waals surface area contributed by atoms with Gasteiger partial charge in [-0.2, -0.15) is 74.6 Å². The largest absolute Gasteiger partial charge is 0.460 e. The van der Waals surface area contributed by atoms with Gasteiger partial charge >= 0.3 is 47.6 Å². The lowest BCUT2D eigenvalue weighted by molar-refractivity contribution is -0.459. The molecule has 0 radical (unpaired) electrons. The third-order valence-corrected chi connectivity index (χ3v) is 7.19. The van der Waals surface area contributed by atoms with Crippen LogP contribution in [0, 0.1) is 0 Å². The molecule has 3 nitrogen and oxygen atoms in total. The number of benzene rings is 2. The summed E-state index contributed by atoms with van der Waals surface area (Å²) in [5.41, 5.74) is 1.20. The Morgan fingerprint density at radius 2 is 0.804 bits per heavy atom. The molecule has 1 heterocycles. The summed E-state index contributed by atoms with van der Waals surface area (Å²) in [6.45, 7) is -2.92. The Labute approximate surface area is 247 Å². The number of halogens is 17. The molecule has 20 heteroatoms. The maximum absolute atomic E-state index is 14.6. The van der Waals surface area contributed by atoms with Crippen molar-refractivity contribution in [1.82, 2.24) is 9.80 Å². The first-order valence-corrected chi connectivity index (χ1v) is 12.6. The van der Waals surface area contributed by atoms with E-state index < -0.39 is 85.8 Å². The molecule has 0 unspecified atom stereocenters. The highest BCUT2D eigenvalue weighted by Gasteiger charge is 2.95. The lowest BCUT2D eigenvalue weighted by Crippen LogP contribution is -2.75. The van der Waals surface area contributed by atoms with Crippen LogP contribution in [-0.2, 0) is 4.79 Å². The molecule has 0 saturated carbocycles. The molecular formula is C26H19F17N2O. The number of rotatable bonds is 10. The van der Waals surface area contributed by atoms with Crippen molar-refractivity contribution in [2.24, 2.45) is 0 Å². The zero-order valence-electron chi connectivity index (χ0n) is 22.4. The average molecular weight is 698 g/mol. The van der Waals surface area contributed by atoms with Crippen molar-refractivity contribution in [2.45, 2.75) is 53.7 Å². The maximum atomic E-state index is 14.6.